The Morgan fingerprint density at radius 1 is 1.40 bits per heavy atom. The molecule has 0 bridgehead atoms. The number of pyridine rings is 1. The highest BCUT2D eigenvalue weighted by Crippen LogP contribution is 2.10. The summed E-state index contributed by atoms with van der Waals surface area (Å²) in [6.45, 7) is 0.806. The van der Waals surface area contributed by atoms with Gasteiger partial charge in [-0.3, -0.25) is 4.79 Å². The second kappa shape index (κ2) is 8.15. The smallest absolute Gasteiger partial charge is 0.242 e. The average Bonchev–Trinajstić information content (AvgIpc) is 2.39. The van der Waals surface area contributed by atoms with E-state index in [1.807, 2.05) is 0 Å². The molecule has 1 aromatic heterocycles. The molecule has 0 spiro atoms. The van der Waals surface area contributed by atoms with Crippen LogP contribution in [0.1, 0.15) is 6.42 Å². The lowest BCUT2D eigenvalue weighted by molar-refractivity contribution is -0.121. The highest BCUT2D eigenvalue weighted by atomic mass is 35.5. The van der Waals surface area contributed by atoms with E-state index in [2.05, 4.69) is 15.0 Å². The Hall–Kier alpha value is -1.22. The number of methoxy groups -OCH3 is 1. The largest absolute Gasteiger partial charge is 0.383 e. The van der Waals surface area contributed by atoms with Crippen molar-refractivity contribution in [2.75, 3.05) is 26.8 Å². The van der Waals surface area contributed by atoms with Crippen molar-refractivity contribution in [1.29, 1.82) is 0 Å². The minimum atomic E-state index is -3.67. The number of amides is 1. The monoisotopic (exact) mass is 321 g/mol. The number of sulfonamides is 1. The summed E-state index contributed by atoms with van der Waals surface area (Å²) < 4.78 is 30.8. The number of nitrogens with zero attached hydrogens (tertiary/aromatic N) is 1. The van der Waals surface area contributed by atoms with E-state index in [-0.39, 0.29) is 28.9 Å². The third kappa shape index (κ3) is 5.83. The fourth-order valence-electron chi connectivity index (χ4n) is 1.28. The highest BCUT2D eigenvalue weighted by molar-refractivity contribution is 7.89. The summed E-state index contributed by atoms with van der Waals surface area (Å²) >= 11 is 5.58. The molecular weight excluding hydrogens is 306 g/mol. The van der Waals surface area contributed by atoms with Gasteiger partial charge in [-0.15, -0.1) is 0 Å². The number of rotatable bonds is 8. The Morgan fingerprint density at radius 3 is 2.75 bits per heavy atom. The predicted octanol–water partition coefficient (Wildman–Crippen LogP) is 0.166. The molecule has 0 aliphatic carbocycles. The lowest BCUT2D eigenvalue weighted by Gasteiger charge is -2.07. The molecule has 1 aromatic rings. The van der Waals surface area contributed by atoms with E-state index < -0.39 is 10.0 Å². The second-order valence-electron chi connectivity index (χ2n) is 3.81. The fraction of sp³-hybridized carbons (Fsp3) is 0.455. The number of aromatic nitrogens is 1. The van der Waals surface area contributed by atoms with E-state index in [0.717, 1.165) is 6.20 Å². The summed E-state index contributed by atoms with van der Waals surface area (Å²) in [5.41, 5.74) is 0. The molecule has 2 N–H and O–H groups in total. The van der Waals surface area contributed by atoms with Crippen LogP contribution in [0.25, 0.3) is 0 Å². The van der Waals surface area contributed by atoms with Gasteiger partial charge in [0.1, 0.15) is 10.0 Å². The van der Waals surface area contributed by atoms with Crippen LogP contribution in [0.3, 0.4) is 0 Å². The molecule has 0 fully saturated rings. The molecule has 1 rings (SSSR count). The molecule has 1 heterocycles. The molecule has 0 radical (unpaired) electrons. The molecule has 1 amide bonds. The highest BCUT2D eigenvalue weighted by Gasteiger charge is 2.14. The van der Waals surface area contributed by atoms with E-state index >= 15 is 0 Å². The van der Waals surface area contributed by atoms with Gasteiger partial charge in [-0.25, -0.2) is 18.1 Å². The average molecular weight is 322 g/mol. The van der Waals surface area contributed by atoms with Crippen molar-refractivity contribution >= 4 is 27.5 Å². The maximum atomic E-state index is 11.8. The van der Waals surface area contributed by atoms with Crippen LogP contribution >= 0.6 is 11.6 Å². The van der Waals surface area contributed by atoms with Gasteiger partial charge in [-0.05, 0) is 12.1 Å². The number of ether oxygens (including phenoxy) is 1. The van der Waals surface area contributed by atoms with Gasteiger partial charge >= 0.3 is 0 Å². The Morgan fingerprint density at radius 2 is 2.15 bits per heavy atom. The SMILES string of the molecule is COCCNC(=O)CCNS(=O)(=O)c1ccc(Cl)nc1. The number of nitrogens with one attached hydrogen (secondary N) is 2. The summed E-state index contributed by atoms with van der Waals surface area (Å²) in [4.78, 5) is 15.0. The zero-order chi connectivity index (χ0) is 15.0. The summed E-state index contributed by atoms with van der Waals surface area (Å²) in [6.07, 6.45) is 1.20. The predicted molar refractivity (Wildman–Crippen MR) is 73.9 cm³/mol. The van der Waals surface area contributed by atoms with Gasteiger partial charge in [0, 0.05) is 32.8 Å². The first kappa shape index (κ1) is 16.8. The molecule has 20 heavy (non-hydrogen) atoms. The van der Waals surface area contributed by atoms with Crippen molar-refractivity contribution in [3.05, 3.63) is 23.5 Å². The second-order valence-corrected chi connectivity index (χ2v) is 5.96. The first-order valence-electron chi connectivity index (χ1n) is 5.82. The van der Waals surface area contributed by atoms with Crippen LogP contribution < -0.4 is 10.0 Å². The quantitative estimate of drug-likeness (QED) is 0.525. The van der Waals surface area contributed by atoms with Gasteiger partial charge in [0.25, 0.3) is 0 Å². The van der Waals surface area contributed by atoms with E-state index in [0.29, 0.717) is 13.2 Å². The maximum Gasteiger partial charge on any atom is 0.242 e. The molecule has 0 aliphatic rings. The summed E-state index contributed by atoms with van der Waals surface area (Å²) in [7, 11) is -2.15. The summed E-state index contributed by atoms with van der Waals surface area (Å²) in [5.74, 6) is -0.251. The topological polar surface area (TPSA) is 97.4 Å². The standard InChI is InChI=1S/C11H16ClN3O4S/c1-19-7-6-13-11(16)4-5-15-20(17,18)9-2-3-10(12)14-8-9/h2-3,8,15H,4-7H2,1H3,(H,13,16). The van der Waals surface area contributed by atoms with Crippen molar-refractivity contribution in [2.45, 2.75) is 11.3 Å². The normalized spacial score (nSPS) is 11.3. The van der Waals surface area contributed by atoms with E-state index in [9.17, 15) is 13.2 Å². The van der Waals surface area contributed by atoms with Crippen LogP contribution in [0.15, 0.2) is 23.2 Å². The Balaban J connectivity index is 2.40. The van der Waals surface area contributed by atoms with Gasteiger partial charge in [0.2, 0.25) is 15.9 Å². The molecule has 9 heteroatoms. The van der Waals surface area contributed by atoms with Crippen LogP contribution in [0.2, 0.25) is 5.15 Å². The Labute approximate surface area is 122 Å². The Bertz CT molecular complexity index is 533. The fourth-order valence-corrected chi connectivity index (χ4v) is 2.37. The van der Waals surface area contributed by atoms with Crippen molar-refractivity contribution in [3.8, 4) is 0 Å². The number of hydrogen-bond acceptors (Lipinski definition) is 5. The molecule has 112 valence electrons. The van der Waals surface area contributed by atoms with Gasteiger partial charge in [0.05, 0.1) is 6.61 Å². The third-order valence-electron chi connectivity index (χ3n) is 2.28. The van der Waals surface area contributed by atoms with Crippen LogP contribution in [0, 0.1) is 0 Å². The molecule has 0 saturated heterocycles. The maximum absolute atomic E-state index is 11.8. The van der Waals surface area contributed by atoms with E-state index in [1.54, 1.807) is 0 Å². The van der Waals surface area contributed by atoms with Crippen molar-refractivity contribution in [2.24, 2.45) is 0 Å². The van der Waals surface area contributed by atoms with Crippen molar-refractivity contribution in [3.63, 3.8) is 0 Å². The molecule has 0 aromatic carbocycles. The summed E-state index contributed by atoms with van der Waals surface area (Å²) in [6, 6.07) is 2.73. The van der Waals surface area contributed by atoms with Crippen LogP contribution in [0.5, 0.6) is 0 Å². The van der Waals surface area contributed by atoms with Crippen molar-refractivity contribution < 1.29 is 17.9 Å². The van der Waals surface area contributed by atoms with Crippen LogP contribution in [0.4, 0.5) is 0 Å². The van der Waals surface area contributed by atoms with Gasteiger partial charge in [-0.1, -0.05) is 11.6 Å². The number of carbonyl (C=O) groups excluding carboxylic acids is 1. The molecule has 7 nitrogen and oxygen atoms in total. The zero-order valence-electron chi connectivity index (χ0n) is 10.9. The van der Waals surface area contributed by atoms with E-state index in [4.69, 9.17) is 16.3 Å². The first-order chi connectivity index (χ1) is 9.45. The van der Waals surface area contributed by atoms with Gasteiger partial charge in [-0.2, -0.15) is 0 Å². The van der Waals surface area contributed by atoms with Crippen molar-refractivity contribution in [1.82, 2.24) is 15.0 Å². The molecule has 0 unspecified atom stereocenters. The van der Waals surface area contributed by atoms with Crippen LogP contribution in [-0.2, 0) is 19.6 Å². The van der Waals surface area contributed by atoms with E-state index in [1.165, 1.54) is 19.2 Å². The number of halogens is 1. The third-order valence-corrected chi connectivity index (χ3v) is 3.95. The molecule has 0 saturated carbocycles. The minimum absolute atomic E-state index is 0.00157. The summed E-state index contributed by atoms with van der Waals surface area (Å²) in [5, 5.41) is 2.80. The van der Waals surface area contributed by atoms with Gasteiger partial charge < -0.3 is 10.1 Å². The minimum Gasteiger partial charge on any atom is -0.383 e. The number of carbonyl (C=O) groups is 1. The number of hydrogen-bond donors (Lipinski definition) is 2. The lowest BCUT2D eigenvalue weighted by atomic mass is 10.4. The Kier molecular flexibility index (Phi) is 6.86. The lowest BCUT2D eigenvalue weighted by Crippen LogP contribution is -2.32. The first-order valence-corrected chi connectivity index (χ1v) is 7.68. The van der Waals surface area contributed by atoms with Crippen LogP contribution in [-0.4, -0.2) is 46.1 Å². The zero-order valence-corrected chi connectivity index (χ0v) is 12.5. The molecule has 0 aliphatic heterocycles. The molecular formula is C11H16ClN3O4S. The van der Waals surface area contributed by atoms with Gasteiger partial charge in [0.15, 0.2) is 0 Å². The molecule has 0 atom stereocenters.